The van der Waals surface area contributed by atoms with Crippen molar-refractivity contribution in [2.24, 2.45) is 0 Å². The van der Waals surface area contributed by atoms with E-state index in [0.29, 0.717) is 10.5 Å². The van der Waals surface area contributed by atoms with Gasteiger partial charge in [-0.3, -0.25) is 0 Å². The number of thiophene rings is 1. The Kier molecular flexibility index (Phi) is 5.86. The van der Waals surface area contributed by atoms with E-state index in [1.807, 2.05) is 12.1 Å². The maximum absolute atomic E-state index is 9.60. The molecule has 0 aliphatic rings. The second-order valence-corrected chi connectivity index (χ2v) is 13.5. The smallest absolute Gasteiger partial charge is 0.280 e. The van der Waals surface area contributed by atoms with Crippen LogP contribution in [0.25, 0.3) is 59.2 Å². The van der Waals surface area contributed by atoms with E-state index in [1.165, 1.54) is 33.2 Å². The molecule has 0 N–H and O–H groups in total. The standard InChI is InChI=1S/C35H28N4OS/c1-34(2,3)20-8-12-28-24(14-20)25-15-21(35(4,5)6)9-13-29(25)39(28)22-10-11-23-30(16-22)40-31-17-32(41-33(23)31)26(18-36)27(19-37)38-7/h8-17H,1-6H3/b27-26-. The zero-order valence-electron chi connectivity index (χ0n) is 23.9. The Labute approximate surface area is 243 Å². The highest BCUT2D eigenvalue weighted by Crippen LogP contribution is 2.41. The molecule has 3 aromatic carbocycles. The summed E-state index contributed by atoms with van der Waals surface area (Å²) in [6, 6.07) is 25.4. The number of allylic oxidation sites excluding steroid dienone is 2. The third-order valence-electron chi connectivity index (χ3n) is 7.70. The summed E-state index contributed by atoms with van der Waals surface area (Å²) in [6.45, 7) is 20.7. The molecule has 0 saturated heterocycles. The Morgan fingerprint density at radius 3 is 1.90 bits per heavy atom. The van der Waals surface area contributed by atoms with Gasteiger partial charge in [-0.05, 0) is 64.4 Å². The van der Waals surface area contributed by atoms with Crippen LogP contribution in [0, 0.1) is 29.2 Å². The van der Waals surface area contributed by atoms with Gasteiger partial charge in [-0.2, -0.15) is 5.26 Å². The molecule has 6 rings (SSSR count). The van der Waals surface area contributed by atoms with Crippen LogP contribution < -0.4 is 0 Å². The number of rotatable bonds is 2. The monoisotopic (exact) mass is 552 g/mol. The molecule has 0 bridgehead atoms. The molecule has 6 heteroatoms. The van der Waals surface area contributed by atoms with Gasteiger partial charge in [-0.15, -0.1) is 11.3 Å². The second-order valence-electron chi connectivity index (χ2n) is 12.4. The molecule has 0 unspecified atom stereocenters. The van der Waals surface area contributed by atoms with E-state index in [-0.39, 0.29) is 22.1 Å². The molecule has 41 heavy (non-hydrogen) atoms. The quantitative estimate of drug-likeness (QED) is 0.158. The Balaban J connectivity index is 1.58. The van der Waals surface area contributed by atoms with E-state index < -0.39 is 0 Å². The van der Waals surface area contributed by atoms with Gasteiger partial charge in [0, 0.05) is 32.8 Å². The van der Waals surface area contributed by atoms with Crippen molar-refractivity contribution < 1.29 is 4.42 Å². The minimum absolute atomic E-state index is 0.0330. The van der Waals surface area contributed by atoms with E-state index in [0.717, 1.165) is 32.4 Å². The number of nitrogens with zero attached hydrogens (tertiary/aromatic N) is 4. The molecule has 0 amide bonds. The van der Waals surface area contributed by atoms with Crippen LogP contribution in [0.2, 0.25) is 0 Å². The molecule has 0 aliphatic carbocycles. The molecular weight excluding hydrogens is 524 g/mol. The van der Waals surface area contributed by atoms with Crippen LogP contribution in [-0.4, -0.2) is 4.57 Å². The van der Waals surface area contributed by atoms with E-state index in [9.17, 15) is 10.5 Å². The topological polar surface area (TPSA) is 70.0 Å². The van der Waals surface area contributed by atoms with Crippen molar-refractivity contribution in [3.8, 4) is 17.8 Å². The molecule has 5 nitrogen and oxygen atoms in total. The normalized spacial score (nSPS) is 13.0. The molecule has 0 fully saturated rings. The number of furan rings is 1. The molecule has 0 aliphatic heterocycles. The van der Waals surface area contributed by atoms with Crippen molar-refractivity contribution >= 4 is 60.0 Å². The minimum atomic E-state index is -0.210. The molecule has 3 heterocycles. The summed E-state index contributed by atoms with van der Waals surface area (Å²) in [5.41, 5.74) is 7.20. The van der Waals surface area contributed by atoms with E-state index >= 15 is 0 Å². The average Bonchev–Trinajstić information content (AvgIpc) is 3.58. The second kappa shape index (κ2) is 9.10. The lowest BCUT2D eigenvalue weighted by Crippen LogP contribution is -2.10. The fourth-order valence-electron chi connectivity index (χ4n) is 5.40. The highest BCUT2D eigenvalue weighted by molar-refractivity contribution is 7.21. The maximum atomic E-state index is 9.60. The third-order valence-corrected chi connectivity index (χ3v) is 8.86. The lowest BCUT2D eigenvalue weighted by Gasteiger charge is -2.19. The maximum Gasteiger partial charge on any atom is 0.280 e. The van der Waals surface area contributed by atoms with Gasteiger partial charge >= 0.3 is 0 Å². The van der Waals surface area contributed by atoms with Gasteiger partial charge in [0.25, 0.3) is 5.70 Å². The Morgan fingerprint density at radius 2 is 1.39 bits per heavy atom. The van der Waals surface area contributed by atoms with Crippen LogP contribution in [-0.2, 0) is 10.8 Å². The molecule has 0 spiro atoms. The van der Waals surface area contributed by atoms with Crippen molar-refractivity contribution in [3.05, 3.63) is 93.8 Å². The van der Waals surface area contributed by atoms with Crippen LogP contribution in [0.1, 0.15) is 57.5 Å². The average molecular weight is 553 g/mol. The van der Waals surface area contributed by atoms with E-state index in [1.54, 1.807) is 6.07 Å². The predicted octanol–water partition coefficient (Wildman–Crippen LogP) is 10.0. The lowest BCUT2D eigenvalue weighted by atomic mass is 9.85. The first-order valence-corrected chi connectivity index (χ1v) is 14.2. The van der Waals surface area contributed by atoms with Crippen LogP contribution in [0.15, 0.2) is 70.8 Å². The molecule has 6 aromatic rings. The Morgan fingerprint density at radius 1 is 0.780 bits per heavy atom. The Bertz CT molecular complexity index is 2120. The molecular formula is C35H28N4OS. The lowest BCUT2D eigenvalue weighted by molar-refractivity contribution is 0.590. The summed E-state index contributed by atoms with van der Waals surface area (Å²) in [7, 11) is 0. The van der Waals surface area contributed by atoms with Crippen molar-refractivity contribution in [2.45, 2.75) is 52.4 Å². The number of fused-ring (bicyclic) bond motifs is 6. The summed E-state index contributed by atoms with van der Waals surface area (Å²) >= 11 is 1.37. The van der Waals surface area contributed by atoms with Gasteiger partial charge in [0.05, 0.1) is 40.0 Å². The van der Waals surface area contributed by atoms with Gasteiger partial charge in [-0.1, -0.05) is 53.7 Å². The molecule has 0 radical (unpaired) electrons. The van der Waals surface area contributed by atoms with Crippen molar-refractivity contribution in [3.63, 3.8) is 0 Å². The summed E-state index contributed by atoms with van der Waals surface area (Å²) < 4.78 is 9.46. The fourth-order valence-corrected chi connectivity index (χ4v) is 6.51. The SMILES string of the molecule is [C-]#[N+]/C(C#N)=C(/C#N)c1cc2oc3cc(-n4c5ccc(C(C)(C)C)cc5c5cc(C(C)(C)C)ccc54)ccc3c2s1. The third kappa shape index (κ3) is 4.18. The van der Waals surface area contributed by atoms with Gasteiger partial charge in [0.1, 0.15) is 11.2 Å². The molecule has 3 aromatic heterocycles. The summed E-state index contributed by atoms with van der Waals surface area (Å²) in [6.07, 6.45) is 0. The van der Waals surface area contributed by atoms with Crippen molar-refractivity contribution in [2.75, 3.05) is 0 Å². The van der Waals surface area contributed by atoms with E-state index in [2.05, 4.69) is 106 Å². The number of hydrogen-bond acceptors (Lipinski definition) is 4. The number of benzene rings is 3. The van der Waals surface area contributed by atoms with Crippen molar-refractivity contribution in [1.29, 1.82) is 10.5 Å². The van der Waals surface area contributed by atoms with Gasteiger partial charge in [0.15, 0.2) is 0 Å². The first-order valence-electron chi connectivity index (χ1n) is 13.4. The van der Waals surface area contributed by atoms with Gasteiger partial charge in [-0.25, -0.2) is 10.1 Å². The van der Waals surface area contributed by atoms with Crippen molar-refractivity contribution in [1.82, 2.24) is 4.57 Å². The van der Waals surface area contributed by atoms with Crippen LogP contribution in [0.3, 0.4) is 0 Å². The summed E-state index contributed by atoms with van der Waals surface area (Å²) in [5, 5.41) is 22.3. The predicted molar refractivity (Wildman–Crippen MR) is 168 cm³/mol. The molecule has 0 atom stereocenters. The molecule has 0 saturated carbocycles. The largest absolute Gasteiger partial charge is 0.455 e. The van der Waals surface area contributed by atoms with Crippen LogP contribution >= 0.6 is 11.3 Å². The minimum Gasteiger partial charge on any atom is -0.455 e. The number of nitriles is 2. The van der Waals surface area contributed by atoms with Crippen LogP contribution in [0.5, 0.6) is 0 Å². The molecule has 200 valence electrons. The van der Waals surface area contributed by atoms with Gasteiger partial charge < -0.3 is 8.98 Å². The fraction of sp³-hybridized carbons (Fsp3) is 0.229. The highest BCUT2D eigenvalue weighted by atomic mass is 32.1. The summed E-state index contributed by atoms with van der Waals surface area (Å²) in [5.74, 6) is 0. The zero-order valence-corrected chi connectivity index (χ0v) is 24.7. The first kappa shape index (κ1) is 26.4. The van der Waals surface area contributed by atoms with E-state index in [4.69, 9.17) is 11.0 Å². The number of hydrogen-bond donors (Lipinski definition) is 0. The highest BCUT2D eigenvalue weighted by Gasteiger charge is 2.22. The zero-order chi connectivity index (χ0) is 29.3. The van der Waals surface area contributed by atoms with Crippen LogP contribution in [0.4, 0.5) is 0 Å². The first-order chi connectivity index (χ1) is 19.4. The summed E-state index contributed by atoms with van der Waals surface area (Å²) in [4.78, 5) is 3.78. The van der Waals surface area contributed by atoms with Gasteiger partial charge in [0.2, 0.25) is 0 Å². The number of aromatic nitrogens is 1. The Hall–Kier alpha value is -4.83.